The number of carbonyl (C=O) groups excluding carboxylic acids is 2. The SMILES string of the molecule is CC1Oc2ccc(NC(=O)c3cccc(F)c3)cc2CN(CCc2ccc(F)cc2)C1=O. The van der Waals surface area contributed by atoms with Gasteiger partial charge in [-0.05, 0) is 67.4 Å². The third-order valence-electron chi connectivity index (χ3n) is 5.31. The molecule has 0 aromatic heterocycles. The number of ether oxygens (including phenoxy) is 1. The second-order valence-corrected chi connectivity index (χ2v) is 7.68. The Labute approximate surface area is 184 Å². The summed E-state index contributed by atoms with van der Waals surface area (Å²) in [5.41, 5.74) is 2.40. The predicted octanol–water partition coefficient (Wildman–Crippen LogP) is 4.57. The van der Waals surface area contributed by atoms with Crippen molar-refractivity contribution in [2.24, 2.45) is 0 Å². The first kappa shape index (κ1) is 21.5. The summed E-state index contributed by atoms with van der Waals surface area (Å²) in [5.74, 6) is -0.801. The summed E-state index contributed by atoms with van der Waals surface area (Å²) < 4.78 is 32.4. The molecule has 5 nitrogen and oxygen atoms in total. The van der Waals surface area contributed by atoms with Crippen LogP contribution in [0, 0.1) is 11.6 Å². The van der Waals surface area contributed by atoms with Gasteiger partial charge in [0.25, 0.3) is 11.8 Å². The lowest BCUT2D eigenvalue weighted by Gasteiger charge is -2.22. The first-order valence-corrected chi connectivity index (χ1v) is 10.3. The predicted molar refractivity (Wildman–Crippen MR) is 116 cm³/mol. The Bertz CT molecular complexity index is 1150. The highest BCUT2D eigenvalue weighted by Gasteiger charge is 2.28. The summed E-state index contributed by atoms with van der Waals surface area (Å²) in [5, 5.41) is 2.76. The van der Waals surface area contributed by atoms with E-state index in [2.05, 4.69) is 5.32 Å². The normalized spacial score (nSPS) is 15.5. The van der Waals surface area contributed by atoms with Crippen LogP contribution in [0.5, 0.6) is 5.75 Å². The fourth-order valence-corrected chi connectivity index (χ4v) is 3.61. The third-order valence-corrected chi connectivity index (χ3v) is 5.31. The highest BCUT2D eigenvalue weighted by molar-refractivity contribution is 6.04. The zero-order valence-electron chi connectivity index (χ0n) is 17.5. The number of amides is 2. The Morgan fingerprint density at radius 2 is 1.84 bits per heavy atom. The smallest absolute Gasteiger partial charge is 0.263 e. The number of nitrogens with zero attached hydrogens (tertiary/aromatic N) is 1. The van der Waals surface area contributed by atoms with Crippen molar-refractivity contribution < 1.29 is 23.1 Å². The first-order valence-electron chi connectivity index (χ1n) is 10.3. The number of carbonyl (C=O) groups is 2. The van der Waals surface area contributed by atoms with Gasteiger partial charge in [0.2, 0.25) is 0 Å². The van der Waals surface area contributed by atoms with Crippen LogP contribution in [0.15, 0.2) is 66.7 Å². The van der Waals surface area contributed by atoms with Crippen LogP contribution < -0.4 is 10.1 Å². The van der Waals surface area contributed by atoms with Gasteiger partial charge in [0.05, 0.1) is 0 Å². The number of halogens is 2. The molecule has 0 fully saturated rings. The number of fused-ring (bicyclic) bond motifs is 1. The number of anilines is 1. The van der Waals surface area contributed by atoms with E-state index in [1.807, 2.05) is 0 Å². The van der Waals surface area contributed by atoms with Gasteiger partial charge in [-0.2, -0.15) is 0 Å². The van der Waals surface area contributed by atoms with Crippen molar-refractivity contribution in [3.63, 3.8) is 0 Å². The number of hydrogen-bond acceptors (Lipinski definition) is 3. The van der Waals surface area contributed by atoms with E-state index >= 15 is 0 Å². The summed E-state index contributed by atoms with van der Waals surface area (Å²) in [7, 11) is 0. The fraction of sp³-hybridized carbons (Fsp3) is 0.200. The van der Waals surface area contributed by atoms with Gasteiger partial charge in [0, 0.05) is 29.9 Å². The number of benzene rings is 3. The molecule has 2 amide bonds. The summed E-state index contributed by atoms with van der Waals surface area (Å²) in [6, 6.07) is 16.8. The highest BCUT2D eigenvalue weighted by Crippen LogP contribution is 2.29. The molecule has 1 aliphatic rings. The summed E-state index contributed by atoms with van der Waals surface area (Å²) in [4.78, 5) is 27.0. The van der Waals surface area contributed by atoms with Crippen LogP contribution in [0.25, 0.3) is 0 Å². The Kier molecular flexibility index (Phi) is 6.16. The van der Waals surface area contributed by atoms with Crippen LogP contribution in [0.1, 0.15) is 28.4 Å². The van der Waals surface area contributed by atoms with Crippen LogP contribution in [0.2, 0.25) is 0 Å². The Hall–Kier alpha value is -3.74. The number of hydrogen-bond donors (Lipinski definition) is 1. The van der Waals surface area contributed by atoms with Gasteiger partial charge in [-0.25, -0.2) is 8.78 Å². The molecule has 1 atom stereocenters. The first-order chi connectivity index (χ1) is 15.4. The monoisotopic (exact) mass is 436 g/mol. The number of rotatable bonds is 5. The maximum atomic E-state index is 13.4. The molecule has 1 unspecified atom stereocenters. The lowest BCUT2D eigenvalue weighted by atomic mass is 10.1. The van der Waals surface area contributed by atoms with E-state index in [1.54, 1.807) is 42.2 Å². The molecule has 4 rings (SSSR count). The minimum absolute atomic E-state index is 0.145. The molecule has 0 bridgehead atoms. The molecular formula is C25H22F2N2O3. The average molecular weight is 436 g/mol. The fourth-order valence-electron chi connectivity index (χ4n) is 3.61. The molecule has 0 saturated carbocycles. The van der Waals surface area contributed by atoms with E-state index in [1.165, 1.54) is 36.4 Å². The van der Waals surface area contributed by atoms with Crippen LogP contribution in [-0.2, 0) is 17.8 Å². The maximum Gasteiger partial charge on any atom is 0.263 e. The van der Waals surface area contributed by atoms with Crippen LogP contribution in [0.4, 0.5) is 14.5 Å². The Balaban J connectivity index is 1.51. The zero-order chi connectivity index (χ0) is 22.7. The molecule has 7 heteroatoms. The van der Waals surface area contributed by atoms with Crippen molar-refractivity contribution in [2.45, 2.75) is 26.0 Å². The van der Waals surface area contributed by atoms with E-state index in [4.69, 9.17) is 4.74 Å². The molecule has 0 spiro atoms. The highest BCUT2D eigenvalue weighted by atomic mass is 19.1. The maximum absolute atomic E-state index is 13.4. The largest absolute Gasteiger partial charge is 0.481 e. The molecule has 0 saturated heterocycles. The summed E-state index contributed by atoms with van der Waals surface area (Å²) in [6.07, 6.45) is -0.0819. The standard InChI is InChI=1S/C25H22F2N2O3/c1-16-25(31)29(12-11-17-5-7-20(26)8-6-17)15-19-14-22(9-10-23(19)32-16)28-24(30)18-3-2-4-21(27)13-18/h2-10,13-14,16H,11-12,15H2,1H3,(H,28,30). The van der Waals surface area contributed by atoms with E-state index in [0.29, 0.717) is 30.9 Å². The van der Waals surface area contributed by atoms with Crippen molar-refractivity contribution in [3.05, 3.63) is 95.1 Å². The van der Waals surface area contributed by atoms with Gasteiger partial charge in [-0.15, -0.1) is 0 Å². The van der Waals surface area contributed by atoms with Crippen molar-refractivity contribution in [3.8, 4) is 5.75 Å². The summed E-state index contributed by atoms with van der Waals surface area (Å²) >= 11 is 0. The van der Waals surface area contributed by atoms with E-state index in [9.17, 15) is 18.4 Å². The van der Waals surface area contributed by atoms with Gasteiger partial charge in [0.1, 0.15) is 17.4 Å². The zero-order valence-corrected chi connectivity index (χ0v) is 17.5. The van der Waals surface area contributed by atoms with Crippen molar-refractivity contribution in [1.29, 1.82) is 0 Å². The van der Waals surface area contributed by atoms with Crippen molar-refractivity contribution in [1.82, 2.24) is 4.90 Å². The summed E-state index contributed by atoms with van der Waals surface area (Å²) in [6.45, 7) is 2.45. The number of nitrogens with one attached hydrogen (secondary N) is 1. The molecule has 0 radical (unpaired) electrons. The molecule has 0 aliphatic carbocycles. The Morgan fingerprint density at radius 3 is 2.59 bits per heavy atom. The minimum atomic E-state index is -0.655. The van der Waals surface area contributed by atoms with Gasteiger partial charge in [-0.3, -0.25) is 9.59 Å². The van der Waals surface area contributed by atoms with E-state index in [0.717, 1.165) is 11.1 Å². The minimum Gasteiger partial charge on any atom is -0.481 e. The van der Waals surface area contributed by atoms with Crippen LogP contribution in [0.3, 0.4) is 0 Å². The second kappa shape index (κ2) is 9.18. The second-order valence-electron chi connectivity index (χ2n) is 7.68. The average Bonchev–Trinajstić information content (AvgIpc) is 2.89. The Morgan fingerprint density at radius 1 is 1.06 bits per heavy atom. The van der Waals surface area contributed by atoms with Crippen LogP contribution in [-0.4, -0.2) is 29.4 Å². The van der Waals surface area contributed by atoms with Gasteiger partial charge in [0.15, 0.2) is 6.10 Å². The van der Waals surface area contributed by atoms with E-state index in [-0.39, 0.29) is 17.3 Å². The molecule has 3 aromatic rings. The van der Waals surface area contributed by atoms with Gasteiger partial charge in [-0.1, -0.05) is 18.2 Å². The lowest BCUT2D eigenvalue weighted by Crippen LogP contribution is -2.39. The van der Waals surface area contributed by atoms with Crippen molar-refractivity contribution >= 4 is 17.5 Å². The third kappa shape index (κ3) is 4.94. The molecular weight excluding hydrogens is 414 g/mol. The molecule has 1 heterocycles. The quantitative estimate of drug-likeness (QED) is 0.638. The van der Waals surface area contributed by atoms with Gasteiger partial charge >= 0.3 is 0 Å². The van der Waals surface area contributed by atoms with Crippen molar-refractivity contribution in [2.75, 3.05) is 11.9 Å². The molecule has 32 heavy (non-hydrogen) atoms. The lowest BCUT2D eigenvalue weighted by molar-refractivity contribution is -0.137. The van der Waals surface area contributed by atoms with E-state index < -0.39 is 17.8 Å². The molecule has 1 aliphatic heterocycles. The molecule has 1 N–H and O–H groups in total. The topological polar surface area (TPSA) is 58.6 Å². The molecule has 3 aromatic carbocycles. The molecule has 164 valence electrons. The van der Waals surface area contributed by atoms with Crippen LogP contribution >= 0.6 is 0 Å². The van der Waals surface area contributed by atoms with Gasteiger partial charge < -0.3 is 15.0 Å².